The smallest absolute Gasteiger partial charge is 0.116 e. The first-order valence-corrected chi connectivity index (χ1v) is 13.4. The molecule has 0 aliphatic rings. The molecule has 0 heterocycles. The second-order valence-corrected chi connectivity index (χ2v) is 11.9. The summed E-state index contributed by atoms with van der Waals surface area (Å²) in [4.78, 5) is 0. The van der Waals surface area contributed by atoms with Crippen molar-refractivity contribution in [2.24, 2.45) is 0 Å². The Bertz CT molecular complexity index is 1140. The Kier molecular flexibility index (Phi) is 7.51. The molecule has 0 N–H and O–H groups in total. The summed E-state index contributed by atoms with van der Waals surface area (Å²) in [6.45, 7) is 2.11. The standard InChI is InChI=1S/C31H29NP/c1-26(13-12-22-32)23-27-14-11-15-28(24-27)25-33(29-16-5-2-6-17-29,30-18-7-3-8-19-30)31-20-9-4-10-21-31/h2-11,14-21,23-24H,12-13,25H2,1H3/q+1. The van der Waals surface area contributed by atoms with Crippen LogP contribution in [0.3, 0.4) is 0 Å². The first kappa shape index (κ1) is 22.7. The molecule has 0 amide bonds. The van der Waals surface area contributed by atoms with Gasteiger partial charge in [0.15, 0.2) is 0 Å². The van der Waals surface area contributed by atoms with Gasteiger partial charge in [0.2, 0.25) is 0 Å². The monoisotopic (exact) mass is 446 g/mol. The van der Waals surface area contributed by atoms with Crippen molar-refractivity contribution in [3.8, 4) is 6.07 Å². The Balaban J connectivity index is 1.85. The number of allylic oxidation sites excluding steroid dienone is 1. The number of hydrogen-bond donors (Lipinski definition) is 0. The van der Waals surface area contributed by atoms with Gasteiger partial charge in [-0.05, 0) is 66.9 Å². The van der Waals surface area contributed by atoms with Crippen molar-refractivity contribution in [3.05, 3.63) is 132 Å². The van der Waals surface area contributed by atoms with Gasteiger partial charge in [-0.25, -0.2) is 0 Å². The molecule has 162 valence electrons. The normalized spacial score (nSPS) is 11.7. The minimum absolute atomic E-state index is 0.562. The van der Waals surface area contributed by atoms with Crippen molar-refractivity contribution in [1.29, 1.82) is 5.26 Å². The third-order valence-corrected chi connectivity index (χ3v) is 10.4. The summed E-state index contributed by atoms with van der Waals surface area (Å²) in [6.07, 6.45) is 4.56. The minimum Gasteiger partial charge on any atom is -0.198 e. The van der Waals surface area contributed by atoms with E-state index in [1.807, 2.05) is 0 Å². The van der Waals surface area contributed by atoms with Crippen LogP contribution in [0.1, 0.15) is 30.9 Å². The highest BCUT2D eigenvalue weighted by Gasteiger charge is 2.45. The molecule has 0 saturated heterocycles. The molecule has 0 aromatic heterocycles. The maximum absolute atomic E-state index is 8.90. The van der Waals surface area contributed by atoms with Crippen LogP contribution in [0.5, 0.6) is 0 Å². The molecule has 4 aromatic carbocycles. The molecule has 0 spiro atoms. The summed E-state index contributed by atoms with van der Waals surface area (Å²) in [6, 6.07) is 44.2. The van der Waals surface area contributed by atoms with Crippen LogP contribution in [0.2, 0.25) is 0 Å². The fourth-order valence-electron chi connectivity index (χ4n) is 4.43. The average Bonchev–Trinajstić information content (AvgIpc) is 2.88. The van der Waals surface area contributed by atoms with Gasteiger partial charge in [-0.2, -0.15) is 5.26 Å². The summed E-state index contributed by atoms with van der Waals surface area (Å²) < 4.78 is 0. The van der Waals surface area contributed by atoms with Gasteiger partial charge in [0.1, 0.15) is 23.2 Å². The van der Waals surface area contributed by atoms with Crippen LogP contribution in [-0.2, 0) is 6.16 Å². The van der Waals surface area contributed by atoms with Crippen LogP contribution in [0.15, 0.2) is 121 Å². The second-order valence-electron chi connectivity index (χ2n) is 8.37. The van der Waals surface area contributed by atoms with Crippen molar-refractivity contribution in [1.82, 2.24) is 0 Å². The highest BCUT2D eigenvalue weighted by atomic mass is 31.2. The van der Waals surface area contributed by atoms with E-state index in [2.05, 4.69) is 134 Å². The molecule has 0 atom stereocenters. The zero-order valence-electron chi connectivity index (χ0n) is 19.1. The molecule has 0 bridgehead atoms. The molecule has 4 aromatic rings. The fourth-order valence-corrected chi connectivity index (χ4v) is 8.66. The molecule has 33 heavy (non-hydrogen) atoms. The van der Waals surface area contributed by atoms with Gasteiger partial charge in [-0.3, -0.25) is 0 Å². The van der Waals surface area contributed by atoms with E-state index < -0.39 is 7.26 Å². The molecule has 0 saturated carbocycles. The number of benzene rings is 4. The van der Waals surface area contributed by atoms with E-state index >= 15 is 0 Å². The van der Waals surface area contributed by atoms with Gasteiger partial charge < -0.3 is 0 Å². The van der Waals surface area contributed by atoms with Crippen LogP contribution in [0.25, 0.3) is 6.08 Å². The van der Waals surface area contributed by atoms with E-state index in [4.69, 9.17) is 5.26 Å². The number of rotatable bonds is 8. The number of nitriles is 1. The van der Waals surface area contributed by atoms with Gasteiger partial charge in [0.05, 0.1) is 12.2 Å². The van der Waals surface area contributed by atoms with Crippen molar-refractivity contribution >= 4 is 29.3 Å². The van der Waals surface area contributed by atoms with E-state index in [1.165, 1.54) is 32.6 Å². The maximum Gasteiger partial charge on any atom is 0.116 e. The lowest BCUT2D eigenvalue weighted by molar-refractivity contribution is 0.996. The predicted octanol–water partition coefficient (Wildman–Crippen LogP) is 6.89. The maximum atomic E-state index is 8.90. The SMILES string of the molecule is CC(=Cc1cccc(C[P+](c2ccccc2)(c2ccccc2)c2ccccc2)c1)CCC#N. The highest BCUT2D eigenvalue weighted by Crippen LogP contribution is 2.58. The summed E-state index contributed by atoms with van der Waals surface area (Å²) in [5.41, 5.74) is 3.78. The zero-order valence-corrected chi connectivity index (χ0v) is 20.0. The van der Waals surface area contributed by atoms with Gasteiger partial charge in [0, 0.05) is 6.42 Å². The molecule has 0 aliphatic carbocycles. The average molecular weight is 447 g/mol. The Morgan fingerprint density at radius 3 is 1.73 bits per heavy atom. The molecule has 1 nitrogen and oxygen atoms in total. The predicted molar refractivity (Wildman–Crippen MR) is 144 cm³/mol. The molecule has 0 fully saturated rings. The Morgan fingerprint density at radius 1 is 0.727 bits per heavy atom. The largest absolute Gasteiger partial charge is 0.198 e. The van der Waals surface area contributed by atoms with Crippen LogP contribution < -0.4 is 15.9 Å². The lowest BCUT2D eigenvalue weighted by Gasteiger charge is -2.28. The van der Waals surface area contributed by atoms with E-state index in [-0.39, 0.29) is 0 Å². The molecule has 0 unspecified atom stereocenters. The van der Waals surface area contributed by atoms with Crippen LogP contribution >= 0.6 is 7.26 Å². The van der Waals surface area contributed by atoms with E-state index in [0.29, 0.717) is 6.42 Å². The lowest BCUT2D eigenvalue weighted by atomic mass is 10.1. The minimum atomic E-state index is -1.91. The summed E-state index contributed by atoms with van der Waals surface area (Å²) in [7, 11) is -1.91. The Hall–Kier alpha value is -3.46. The van der Waals surface area contributed by atoms with E-state index in [0.717, 1.165) is 12.6 Å². The molecule has 2 heteroatoms. The van der Waals surface area contributed by atoms with E-state index in [9.17, 15) is 0 Å². The number of nitrogens with zero attached hydrogens (tertiary/aromatic N) is 1. The van der Waals surface area contributed by atoms with Gasteiger partial charge in [-0.1, -0.05) is 84.4 Å². The van der Waals surface area contributed by atoms with Crippen LogP contribution in [0, 0.1) is 11.3 Å². The van der Waals surface area contributed by atoms with Gasteiger partial charge in [0.25, 0.3) is 0 Å². The topological polar surface area (TPSA) is 23.8 Å². The summed E-state index contributed by atoms with van der Waals surface area (Å²) in [5, 5.41) is 13.1. The van der Waals surface area contributed by atoms with Crippen molar-refractivity contribution in [3.63, 3.8) is 0 Å². The van der Waals surface area contributed by atoms with Crippen LogP contribution in [-0.4, -0.2) is 0 Å². The zero-order chi connectivity index (χ0) is 22.9. The Labute approximate surface area is 198 Å². The van der Waals surface area contributed by atoms with Crippen molar-refractivity contribution < 1.29 is 0 Å². The molecular weight excluding hydrogens is 417 g/mol. The van der Waals surface area contributed by atoms with Crippen molar-refractivity contribution in [2.45, 2.75) is 25.9 Å². The molecule has 0 radical (unpaired) electrons. The molecule has 4 rings (SSSR count). The number of hydrogen-bond acceptors (Lipinski definition) is 1. The van der Waals surface area contributed by atoms with Crippen molar-refractivity contribution in [2.75, 3.05) is 0 Å². The first-order valence-electron chi connectivity index (χ1n) is 11.4. The van der Waals surface area contributed by atoms with Gasteiger partial charge in [-0.15, -0.1) is 0 Å². The summed E-state index contributed by atoms with van der Waals surface area (Å²) >= 11 is 0. The van der Waals surface area contributed by atoms with Gasteiger partial charge >= 0.3 is 0 Å². The van der Waals surface area contributed by atoms with E-state index in [1.54, 1.807) is 0 Å². The quantitative estimate of drug-likeness (QED) is 0.270. The third-order valence-electron chi connectivity index (χ3n) is 6.01. The lowest BCUT2D eigenvalue weighted by Crippen LogP contribution is -2.32. The third kappa shape index (κ3) is 5.31. The first-order chi connectivity index (χ1) is 16.2. The molecular formula is C31H29NP+. The second kappa shape index (κ2) is 10.9. The highest BCUT2D eigenvalue weighted by molar-refractivity contribution is 7.95. The Morgan fingerprint density at radius 2 is 1.24 bits per heavy atom. The summed E-state index contributed by atoms with van der Waals surface area (Å²) in [5.74, 6) is 0. The van der Waals surface area contributed by atoms with Crippen LogP contribution in [0.4, 0.5) is 0 Å². The fraction of sp³-hybridized carbons (Fsp3) is 0.129. The molecule has 0 aliphatic heterocycles.